The number of Topliss-reactive ketones (excluding diaryl/α,β-unsaturated/α-hetero) is 2. The van der Waals surface area contributed by atoms with Gasteiger partial charge in [-0.3, -0.25) is 20.2 Å². The van der Waals surface area contributed by atoms with Gasteiger partial charge >= 0.3 is 0 Å². The van der Waals surface area contributed by atoms with Crippen molar-refractivity contribution < 1.29 is 24.6 Å². The van der Waals surface area contributed by atoms with Crippen molar-refractivity contribution in [3.63, 3.8) is 0 Å². The maximum atomic E-state index is 10.4. The van der Waals surface area contributed by atoms with Gasteiger partial charge in [-0.05, 0) is 80.4 Å². The molecule has 0 saturated heterocycles. The molecule has 0 spiro atoms. The van der Waals surface area contributed by atoms with Crippen molar-refractivity contribution in [1.82, 2.24) is 9.97 Å². The zero-order valence-electron chi connectivity index (χ0n) is 25.7. The number of rotatable bonds is 1. The Morgan fingerprint density at radius 3 is 1.45 bits per heavy atom. The minimum atomic E-state index is -0.833. The quantitative estimate of drug-likeness (QED) is 0.0546. The zero-order chi connectivity index (χ0) is 33.8. The highest BCUT2D eigenvalue weighted by atomic mass is 79.9. The highest BCUT2D eigenvalue weighted by Crippen LogP contribution is 2.36. The van der Waals surface area contributed by atoms with Crippen LogP contribution in [0.4, 0.5) is 5.69 Å². The molecule has 0 atom stereocenters. The van der Waals surface area contributed by atoms with Crippen LogP contribution in [0.1, 0.15) is 39.5 Å². The molecule has 0 bridgehead atoms. The lowest BCUT2D eigenvalue weighted by Crippen LogP contribution is -2.17. The molecule has 4 aromatic carbocycles. The molecule has 0 aliphatic heterocycles. The van der Waals surface area contributed by atoms with Gasteiger partial charge in [-0.2, -0.15) is 0 Å². The van der Waals surface area contributed by atoms with E-state index in [2.05, 4.69) is 112 Å². The first-order valence-corrected chi connectivity index (χ1v) is 16.8. The van der Waals surface area contributed by atoms with Crippen LogP contribution < -0.4 is 11.3 Å². The lowest BCUT2D eigenvalue weighted by Gasteiger charge is -2.04. The van der Waals surface area contributed by atoms with Crippen LogP contribution in [-0.2, 0) is 14.4 Å². The van der Waals surface area contributed by atoms with Crippen LogP contribution in [0.2, 0.25) is 0 Å². The molecule has 13 heteroatoms. The molecule has 6 aromatic rings. The van der Waals surface area contributed by atoms with E-state index in [-0.39, 0.29) is 30.6 Å². The third kappa shape index (κ3) is 11.4. The van der Waals surface area contributed by atoms with E-state index >= 15 is 0 Å². The molecule has 1 saturated carbocycles. The standard InChI is InChI=1S/C18H10Br2N2.C6H7BrN2.C6H8O2.C2H4O2.C2H6O.ClH/c19-9-1-5-15-13(7-9)11-3-4-12-14-8-10(20)2-6-16(14)22-18(12)17(11)21-15;7-5-1-3-6(9-8)4-2-5;7-5-3-1-2-4-6(5)8;1-2(3)4;1-2-3;/h1-8,21-22H;1-4,9H,8H2;1-4H2;1H3,(H,3,4);3H,2H2,1H3;1H. The molecule has 7 rings (SSSR count). The summed E-state index contributed by atoms with van der Waals surface area (Å²) >= 11 is 10.4. The summed E-state index contributed by atoms with van der Waals surface area (Å²) < 4.78 is 3.25. The van der Waals surface area contributed by atoms with Gasteiger partial charge in [0.1, 0.15) is 0 Å². The molecule has 9 nitrogen and oxygen atoms in total. The third-order valence-electron chi connectivity index (χ3n) is 6.65. The number of carboxylic acid groups (broad SMARTS) is 1. The fourth-order valence-corrected chi connectivity index (χ4v) is 5.66. The number of hydrogen-bond acceptors (Lipinski definition) is 6. The van der Waals surface area contributed by atoms with Crippen molar-refractivity contribution in [3.05, 3.63) is 86.2 Å². The first kappa shape index (κ1) is 39.9. The van der Waals surface area contributed by atoms with E-state index in [1.54, 1.807) is 6.92 Å². The number of nitrogens with two attached hydrogens (primary N) is 1. The summed E-state index contributed by atoms with van der Waals surface area (Å²) in [4.78, 5) is 37.0. The fraction of sp³-hybridized carbons (Fsp3) is 0.206. The number of fused-ring (bicyclic) bond motifs is 7. The van der Waals surface area contributed by atoms with Crippen molar-refractivity contribution in [1.29, 1.82) is 0 Å². The number of carbonyl (C=O) groups is 3. The molecule has 1 aliphatic rings. The zero-order valence-corrected chi connectivity index (χ0v) is 31.3. The second-order valence-corrected chi connectivity index (χ2v) is 12.8. The highest BCUT2D eigenvalue weighted by molar-refractivity contribution is 9.11. The normalized spacial score (nSPS) is 12.0. The van der Waals surface area contributed by atoms with Gasteiger partial charge in [0.2, 0.25) is 0 Å². The SMILES string of the molecule is Brc1ccc2[nH]c3c(ccc4c5cc(Br)ccc5[nH]c43)c2c1.CC(=O)O.CCO.Cl.NNc1ccc(Br)cc1.O=C1CCCCC1=O. The van der Waals surface area contributed by atoms with Gasteiger partial charge < -0.3 is 25.6 Å². The Bertz CT molecular complexity index is 1840. The summed E-state index contributed by atoms with van der Waals surface area (Å²) in [5, 5.41) is 20.0. The largest absolute Gasteiger partial charge is 0.481 e. The maximum absolute atomic E-state index is 10.4. The number of carbonyl (C=O) groups excluding carboxylic acids is 2. The van der Waals surface area contributed by atoms with Crippen LogP contribution in [0, 0.1) is 0 Å². The smallest absolute Gasteiger partial charge is 0.300 e. The average Bonchev–Trinajstić information content (AvgIpc) is 3.58. The Morgan fingerprint density at radius 1 is 0.745 bits per heavy atom. The number of aliphatic hydroxyl groups excluding tert-OH is 1. The summed E-state index contributed by atoms with van der Waals surface area (Å²) in [5.41, 5.74) is 8.09. The fourth-order valence-electron chi connectivity index (χ4n) is 4.67. The van der Waals surface area contributed by atoms with Crippen LogP contribution in [0.15, 0.2) is 86.2 Å². The number of nitrogen functional groups attached to an aromatic ring is 1. The molecular weight excluding hydrogens is 820 g/mol. The topological polar surface area (TPSA) is 161 Å². The molecule has 250 valence electrons. The molecular formula is C34H36Br3ClN4O5. The lowest BCUT2D eigenvalue weighted by molar-refractivity contribution is -0.137. The summed E-state index contributed by atoms with van der Waals surface area (Å²) in [6, 6.07) is 24.7. The van der Waals surface area contributed by atoms with E-state index in [4.69, 9.17) is 20.9 Å². The van der Waals surface area contributed by atoms with Gasteiger partial charge in [0.05, 0.1) is 11.0 Å². The summed E-state index contributed by atoms with van der Waals surface area (Å²) in [7, 11) is 0. The second kappa shape index (κ2) is 19.5. The number of ketones is 2. The van der Waals surface area contributed by atoms with Gasteiger partial charge in [-0.15, -0.1) is 12.4 Å². The Morgan fingerprint density at radius 2 is 1.11 bits per heavy atom. The third-order valence-corrected chi connectivity index (χ3v) is 8.16. The first-order chi connectivity index (χ1) is 22.0. The van der Waals surface area contributed by atoms with Crippen molar-refractivity contribution in [2.45, 2.75) is 39.5 Å². The number of aromatic amines is 2. The molecule has 2 aromatic heterocycles. The first-order valence-electron chi connectivity index (χ1n) is 14.4. The molecule has 0 unspecified atom stereocenters. The number of hydrazine groups is 1. The van der Waals surface area contributed by atoms with Crippen LogP contribution in [0.25, 0.3) is 43.6 Å². The summed E-state index contributed by atoms with van der Waals surface area (Å²) in [5.74, 6) is 3.96. The molecule has 7 N–H and O–H groups in total. The minimum absolute atomic E-state index is 0. The molecule has 1 fully saturated rings. The number of benzene rings is 4. The van der Waals surface area contributed by atoms with Gasteiger partial charge in [-0.1, -0.05) is 59.9 Å². The van der Waals surface area contributed by atoms with E-state index < -0.39 is 5.97 Å². The number of anilines is 1. The number of halogens is 4. The van der Waals surface area contributed by atoms with Gasteiger partial charge in [-0.25, -0.2) is 0 Å². The highest BCUT2D eigenvalue weighted by Gasteiger charge is 2.17. The predicted molar refractivity (Wildman–Crippen MR) is 204 cm³/mol. The van der Waals surface area contributed by atoms with Gasteiger partial charge in [0.15, 0.2) is 11.6 Å². The van der Waals surface area contributed by atoms with E-state index in [0.29, 0.717) is 12.8 Å². The van der Waals surface area contributed by atoms with Crippen molar-refractivity contribution in [2.75, 3.05) is 12.0 Å². The maximum Gasteiger partial charge on any atom is 0.300 e. The summed E-state index contributed by atoms with van der Waals surface area (Å²) in [6.45, 7) is 3.01. The van der Waals surface area contributed by atoms with Crippen molar-refractivity contribution in [3.8, 4) is 0 Å². The summed E-state index contributed by atoms with van der Waals surface area (Å²) in [6.07, 6.45) is 2.78. The van der Waals surface area contributed by atoms with Gasteiger partial charge in [0, 0.05) is 78.1 Å². The molecule has 0 amide bonds. The van der Waals surface area contributed by atoms with Crippen molar-refractivity contribution in [2.24, 2.45) is 5.84 Å². The number of carboxylic acids is 1. The Kier molecular flexibility index (Phi) is 16.6. The van der Waals surface area contributed by atoms with Crippen LogP contribution >= 0.6 is 60.2 Å². The molecule has 2 heterocycles. The predicted octanol–water partition coefficient (Wildman–Crippen LogP) is 9.43. The Labute approximate surface area is 303 Å². The molecule has 47 heavy (non-hydrogen) atoms. The van der Waals surface area contributed by atoms with E-state index in [0.717, 1.165) is 60.9 Å². The van der Waals surface area contributed by atoms with Crippen LogP contribution in [0.5, 0.6) is 0 Å². The number of aliphatic hydroxyl groups is 1. The van der Waals surface area contributed by atoms with E-state index in [9.17, 15) is 9.59 Å². The van der Waals surface area contributed by atoms with Gasteiger partial charge in [0.25, 0.3) is 5.97 Å². The number of aliphatic carboxylic acids is 1. The second-order valence-electron chi connectivity index (χ2n) is 10.1. The van der Waals surface area contributed by atoms with Crippen LogP contribution in [0.3, 0.4) is 0 Å². The monoisotopic (exact) mass is 852 g/mol. The van der Waals surface area contributed by atoms with Crippen LogP contribution in [-0.4, -0.2) is 44.3 Å². The van der Waals surface area contributed by atoms with E-state index in [1.165, 1.54) is 21.5 Å². The van der Waals surface area contributed by atoms with E-state index in [1.807, 2.05) is 24.3 Å². The average molecular weight is 856 g/mol. The minimum Gasteiger partial charge on any atom is -0.481 e. The number of hydrogen-bond donors (Lipinski definition) is 6. The number of aromatic nitrogens is 2. The molecule has 1 aliphatic carbocycles. The number of H-pyrrole nitrogens is 2. The molecule has 0 radical (unpaired) electrons. The number of nitrogens with one attached hydrogen (secondary N) is 3. The lowest BCUT2D eigenvalue weighted by atomic mass is 9.98. The Hall–Kier alpha value is -3.26. The Balaban J connectivity index is 0.000000256. The van der Waals surface area contributed by atoms with Crippen molar-refractivity contribution >= 4 is 127 Å².